The molecule has 25 heavy (non-hydrogen) atoms. The number of alkyl halides is 2. The lowest BCUT2D eigenvalue weighted by molar-refractivity contribution is -0.0514. The zero-order valence-corrected chi connectivity index (χ0v) is 13.9. The quantitative estimate of drug-likeness (QED) is 0.732. The van der Waals surface area contributed by atoms with Crippen molar-refractivity contribution >= 4 is 5.78 Å². The Morgan fingerprint density at radius 3 is 2.80 bits per heavy atom. The molecule has 1 saturated carbocycles. The standard InChI is InChI=1S/C19H19F2NO3/c1-2-24-15-10-14-12(9-16(15)25-19(20)21)5-7-22-8-6-13(17(14)22)18(23)11-3-4-11/h6,8-11,19H,2-5,7H2,1H3. The number of benzene rings is 1. The van der Waals surface area contributed by atoms with Gasteiger partial charge in [-0.2, -0.15) is 8.78 Å². The van der Waals surface area contributed by atoms with Gasteiger partial charge in [0, 0.05) is 29.8 Å². The molecule has 0 N–H and O–H groups in total. The Balaban J connectivity index is 1.82. The van der Waals surface area contributed by atoms with E-state index in [2.05, 4.69) is 9.30 Å². The second-order valence-electron chi connectivity index (χ2n) is 6.43. The van der Waals surface area contributed by atoms with Crippen LogP contribution in [0.1, 0.15) is 35.7 Å². The van der Waals surface area contributed by atoms with Crippen molar-refractivity contribution < 1.29 is 23.0 Å². The Morgan fingerprint density at radius 1 is 1.32 bits per heavy atom. The summed E-state index contributed by atoms with van der Waals surface area (Å²) in [5, 5.41) is 0. The van der Waals surface area contributed by atoms with Gasteiger partial charge in [0.15, 0.2) is 17.3 Å². The maximum atomic E-state index is 12.7. The van der Waals surface area contributed by atoms with E-state index in [0.29, 0.717) is 25.1 Å². The zero-order chi connectivity index (χ0) is 17.6. The lowest BCUT2D eigenvalue weighted by Crippen LogP contribution is -2.14. The van der Waals surface area contributed by atoms with Gasteiger partial charge in [0.2, 0.25) is 0 Å². The first-order valence-electron chi connectivity index (χ1n) is 8.56. The van der Waals surface area contributed by atoms with Crippen LogP contribution >= 0.6 is 0 Å². The summed E-state index contributed by atoms with van der Waals surface area (Å²) < 4.78 is 37.6. The van der Waals surface area contributed by atoms with Crippen molar-refractivity contribution in [2.24, 2.45) is 5.92 Å². The predicted molar refractivity (Wildman–Crippen MR) is 88.4 cm³/mol. The van der Waals surface area contributed by atoms with Gasteiger partial charge in [-0.15, -0.1) is 0 Å². The van der Waals surface area contributed by atoms with E-state index in [1.165, 1.54) is 0 Å². The smallest absolute Gasteiger partial charge is 0.387 e. The molecule has 1 aliphatic heterocycles. The van der Waals surface area contributed by atoms with Gasteiger partial charge in [0.25, 0.3) is 0 Å². The molecule has 2 heterocycles. The SMILES string of the molecule is CCOc1cc2c(cc1OC(F)F)CCn1ccc(C(=O)C3CC3)c1-2. The van der Waals surface area contributed by atoms with Crippen molar-refractivity contribution in [3.8, 4) is 22.8 Å². The summed E-state index contributed by atoms with van der Waals surface area (Å²) >= 11 is 0. The minimum absolute atomic E-state index is 0.0469. The molecule has 2 aliphatic rings. The van der Waals surface area contributed by atoms with E-state index in [9.17, 15) is 13.6 Å². The summed E-state index contributed by atoms with van der Waals surface area (Å²) in [5.74, 6) is 0.629. The topological polar surface area (TPSA) is 40.5 Å². The van der Waals surface area contributed by atoms with Gasteiger partial charge in [0.1, 0.15) is 0 Å². The van der Waals surface area contributed by atoms with Crippen LogP contribution < -0.4 is 9.47 Å². The summed E-state index contributed by atoms with van der Waals surface area (Å²) in [6, 6.07) is 5.22. The number of ether oxygens (including phenoxy) is 2. The number of Topliss-reactive ketones (excluding diaryl/α,β-unsaturated/α-hetero) is 1. The lowest BCUT2D eigenvalue weighted by atomic mass is 9.93. The van der Waals surface area contributed by atoms with E-state index in [4.69, 9.17) is 4.74 Å². The van der Waals surface area contributed by atoms with Crippen molar-refractivity contribution in [2.75, 3.05) is 6.61 Å². The Bertz CT molecular complexity index is 824. The van der Waals surface area contributed by atoms with Gasteiger partial charge >= 0.3 is 6.61 Å². The number of hydrogen-bond acceptors (Lipinski definition) is 3. The van der Waals surface area contributed by atoms with Crippen molar-refractivity contribution in [1.29, 1.82) is 0 Å². The van der Waals surface area contributed by atoms with E-state index >= 15 is 0 Å². The highest BCUT2D eigenvalue weighted by atomic mass is 19.3. The molecule has 0 radical (unpaired) electrons. The van der Waals surface area contributed by atoms with Crippen LogP contribution in [0.15, 0.2) is 24.4 Å². The molecule has 1 aliphatic carbocycles. The number of rotatable bonds is 6. The van der Waals surface area contributed by atoms with Gasteiger partial charge in [-0.05, 0) is 49.9 Å². The minimum Gasteiger partial charge on any atom is -0.490 e. The van der Waals surface area contributed by atoms with Crippen LogP contribution in [-0.2, 0) is 13.0 Å². The maximum Gasteiger partial charge on any atom is 0.387 e. The number of carbonyl (C=O) groups is 1. The fourth-order valence-electron chi connectivity index (χ4n) is 3.45. The average Bonchev–Trinajstić information content (AvgIpc) is 3.33. The number of carbonyl (C=O) groups excluding carboxylic acids is 1. The molecule has 0 spiro atoms. The molecule has 1 aromatic carbocycles. The fraction of sp³-hybridized carbons (Fsp3) is 0.421. The van der Waals surface area contributed by atoms with Crippen molar-refractivity contribution in [2.45, 2.75) is 39.3 Å². The Kier molecular flexibility index (Phi) is 3.98. The molecular weight excluding hydrogens is 328 g/mol. The molecule has 132 valence electrons. The van der Waals surface area contributed by atoms with Gasteiger partial charge in [-0.3, -0.25) is 4.79 Å². The number of halogens is 2. The highest BCUT2D eigenvalue weighted by Gasteiger charge is 2.34. The summed E-state index contributed by atoms with van der Waals surface area (Å²) in [6.07, 6.45) is 4.52. The number of fused-ring (bicyclic) bond motifs is 3. The van der Waals surface area contributed by atoms with Crippen LogP contribution in [0.5, 0.6) is 11.5 Å². The monoisotopic (exact) mass is 347 g/mol. The number of aryl methyl sites for hydroxylation is 2. The Morgan fingerprint density at radius 2 is 2.12 bits per heavy atom. The number of aromatic nitrogens is 1. The minimum atomic E-state index is -2.91. The van der Waals surface area contributed by atoms with Crippen LogP contribution in [0.3, 0.4) is 0 Å². The molecule has 1 fully saturated rings. The first kappa shape index (κ1) is 16.1. The molecule has 4 nitrogen and oxygen atoms in total. The van der Waals surface area contributed by atoms with E-state index in [-0.39, 0.29) is 23.2 Å². The molecule has 2 aromatic rings. The van der Waals surface area contributed by atoms with E-state index in [1.54, 1.807) is 19.1 Å². The molecule has 1 aromatic heterocycles. The van der Waals surface area contributed by atoms with Crippen LogP contribution in [0.4, 0.5) is 8.78 Å². The molecule has 0 unspecified atom stereocenters. The van der Waals surface area contributed by atoms with Crippen molar-refractivity contribution in [1.82, 2.24) is 4.57 Å². The van der Waals surface area contributed by atoms with Gasteiger partial charge in [-0.1, -0.05) is 0 Å². The first-order chi connectivity index (χ1) is 12.1. The first-order valence-corrected chi connectivity index (χ1v) is 8.56. The fourth-order valence-corrected chi connectivity index (χ4v) is 3.45. The molecule has 6 heteroatoms. The third-order valence-electron chi connectivity index (χ3n) is 4.74. The molecule has 0 atom stereocenters. The van der Waals surface area contributed by atoms with E-state index in [1.807, 2.05) is 12.3 Å². The van der Waals surface area contributed by atoms with Crippen LogP contribution in [0, 0.1) is 5.92 Å². The zero-order valence-electron chi connectivity index (χ0n) is 13.9. The summed E-state index contributed by atoms with van der Waals surface area (Å²) in [6.45, 7) is -0.0665. The lowest BCUT2D eigenvalue weighted by Gasteiger charge is -2.23. The van der Waals surface area contributed by atoms with Crippen LogP contribution in [0.25, 0.3) is 11.3 Å². The summed E-state index contributed by atoms with van der Waals surface area (Å²) in [5.41, 5.74) is 3.34. The van der Waals surface area contributed by atoms with Gasteiger partial charge < -0.3 is 14.0 Å². The maximum absolute atomic E-state index is 12.7. The molecule has 4 rings (SSSR count). The normalized spacial score (nSPS) is 15.7. The third kappa shape index (κ3) is 2.90. The van der Waals surface area contributed by atoms with Crippen molar-refractivity contribution in [3.63, 3.8) is 0 Å². The van der Waals surface area contributed by atoms with E-state index < -0.39 is 6.61 Å². The number of nitrogens with zero attached hydrogens (tertiary/aromatic N) is 1. The number of hydrogen-bond donors (Lipinski definition) is 0. The Hall–Kier alpha value is -2.37. The largest absolute Gasteiger partial charge is 0.490 e. The van der Waals surface area contributed by atoms with E-state index in [0.717, 1.165) is 29.7 Å². The number of ketones is 1. The summed E-state index contributed by atoms with van der Waals surface area (Å²) in [4.78, 5) is 12.6. The molecule has 0 bridgehead atoms. The second-order valence-corrected chi connectivity index (χ2v) is 6.43. The van der Waals surface area contributed by atoms with Crippen LogP contribution in [0.2, 0.25) is 0 Å². The van der Waals surface area contributed by atoms with Crippen molar-refractivity contribution in [3.05, 3.63) is 35.5 Å². The third-order valence-corrected chi connectivity index (χ3v) is 4.74. The molecule has 0 amide bonds. The second kappa shape index (κ2) is 6.17. The van der Waals surface area contributed by atoms with Crippen LogP contribution in [-0.4, -0.2) is 23.6 Å². The predicted octanol–water partition coefficient (Wildman–Crippen LogP) is 4.30. The summed E-state index contributed by atoms with van der Waals surface area (Å²) in [7, 11) is 0. The molecular formula is C19H19F2NO3. The van der Waals surface area contributed by atoms with Gasteiger partial charge in [-0.25, -0.2) is 0 Å². The highest BCUT2D eigenvalue weighted by molar-refractivity contribution is 6.05. The Labute approximate surface area is 144 Å². The highest BCUT2D eigenvalue weighted by Crippen LogP contribution is 2.43. The average molecular weight is 347 g/mol. The molecule has 0 saturated heterocycles. The van der Waals surface area contributed by atoms with Gasteiger partial charge in [0.05, 0.1) is 12.3 Å².